The molecule has 0 saturated heterocycles. The SMILES string of the molecule is CC(C)CC(NC(=O)C(CCCN=C(N)N)NC(=O)C(N)CCC(=O)O)C(=O)NC(Cc1cnc[nH]1)C(=O)O. The first-order valence-electron chi connectivity index (χ1n) is 12.4. The van der Waals surface area contributed by atoms with Gasteiger partial charge in [-0.1, -0.05) is 13.8 Å². The summed E-state index contributed by atoms with van der Waals surface area (Å²) in [5.74, 6) is -4.77. The minimum absolute atomic E-state index is 0.0544. The third-order valence-electron chi connectivity index (χ3n) is 5.52. The van der Waals surface area contributed by atoms with Crippen molar-refractivity contribution in [1.82, 2.24) is 25.9 Å². The Morgan fingerprint density at radius 3 is 2.13 bits per heavy atom. The standard InChI is InChI=1S/C23H39N9O7/c1-12(2)8-16(21(37)32-17(22(38)39)9-13-10-27-11-29-13)31-20(36)15(4-3-7-28-23(25)26)30-19(35)14(24)5-6-18(33)34/h10-12,14-17H,3-9,24H2,1-2H3,(H,27,29)(H,30,35)(H,31,36)(H,32,37)(H,33,34)(H,38,39)(H4,25,26,28). The Hall–Kier alpha value is -4.21. The first-order chi connectivity index (χ1) is 18.3. The maximum atomic E-state index is 13.2. The van der Waals surface area contributed by atoms with E-state index in [4.69, 9.17) is 22.3 Å². The maximum absolute atomic E-state index is 13.2. The number of carbonyl (C=O) groups excluding carboxylic acids is 3. The summed E-state index contributed by atoms with van der Waals surface area (Å²) in [5, 5.41) is 26.0. The van der Waals surface area contributed by atoms with Gasteiger partial charge in [0.25, 0.3) is 0 Å². The predicted molar refractivity (Wildman–Crippen MR) is 140 cm³/mol. The Bertz CT molecular complexity index is 994. The molecule has 1 rings (SSSR count). The molecule has 16 heteroatoms. The number of nitrogens with zero attached hydrogens (tertiary/aromatic N) is 2. The molecule has 3 amide bonds. The second kappa shape index (κ2) is 16.6. The number of amides is 3. The number of carbonyl (C=O) groups is 5. The predicted octanol–water partition coefficient (Wildman–Crippen LogP) is -2.22. The van der Waals surface area contributed by atoms with Gasteiger partial charge in [-0.15, -0.1) is 0 Å². The smallest absolute Gasteiger partial charge is 0.326 e. The lowest BCUT2D eigenvalue weighted by atomic mass is 10.0. The van der Waals surface area contributed by atoms with Gasteiger partial charge in [0.15, 0.2) is 5.96 Å². The lowest BCUT2D eigenvalue weighted by molar-refractivity contribution is -0.142. The number of aromatic amines is 1. The minimum Gasteiger partial charge on any atom is -0.481 e. The van der Waals surface area contributed by atoms with Gasteiger partial charge in [0.1, 0.15) is 18.1 Å². The summed E-state index contributed by atoms with van der Waals surface area (Å²) in [6.07, 6.45) is 2.83. The number of nitrogens with two attached hydrogens (primary N) is 3. The molecule has 1 aromatic rings. The first-order valence-corrected chi connectivity index (χ1v) is 12.4. The third-order valence-corrected chi connectivity index (χ3v) is 5.52. The fourth-order valence-electron chi connectivity index (χ4n) is 3.53. The molecule has 218 valence electrons. The van der Waals surface area contributed by atoms with Crippen molar-refractivity contribution in [3.63, 3.8) is 0 Å². The molecule has 39 heavy (non-hydrogen) atoms. The number of carboxylic acids is 2. The average Bonchev–Trinajstić information content (AvgIpc) is 3.35. The Balaban J connectivity index is 3.01. The van der Waals surface area contributed by atoms with E-state index in [1.54, 1.807) is 0 Å². The van der Waals surface area contributed by atoms with E-state index in [0.717, 1.165) is 0 Å². The molecule has 0 saturated carbocycles. The summed E-state index contributed by atoms with van der Waals surface area (Å²) in [4.78, 5) is 71.8. The molecule has 4 unspecified atom stereocenters. The van der Waals surface area contributed by atoms with Crippen LogP contribution in [0.4, 0.5) is 0 Å². The second-order valence-corrected chi connectivity index (χ2v) is 9.42. The Kier molecular flexibility index (Phi) is 14.0. The van der Waals surface area contributed by atoms with Crippen LogP contribution in [0.5, 0.6) is 0 Å². The van der Waals surface area contributed by atoms with Crippen LogP contribution in [0.15, 0.2) is 17.5 Å². The molecule has 1 heterocycles. The highest BCUT2D eigenvalue weighted by Gasteiger charge is 2.31. The molecule has 0 aliphatic heterocycles. The molecular formula is C23H39N9O7. The number of aromatic nitrogens is 2. The number of H-pyrrole nitrogens is 1. The summed E-state index contributed by atoms with van der Waals surface area (Å²) in [5.41, 5.74) is 16.9. The van der Waals surface area contributed by atoms with Crippen molar-refractivity contribution in [3.05, 3.63) is 18.2 Å². The number of aliphatic imine (C=N–C) groups is 1. The van der Waals surface area contributed by atoms with E-state index in [-0.39, 0.29) is 56.9 Å². The van der Waals surface area contributed by atoms with Crippen LogP contribution in [0.3, 0.4) is 0 Å². The Morgan fingerprint density at radius 1 is 0.974 bits per heavy atom. The summed E-state index contributed by atoms with van der Waals surface area (Å²) in [6, 6.07) is -4.72. The third kappa shape index (κ3) is 13.2. The van der Waals surface area contributed by atoms with Crippen LogP contribution in [0.25, 0.3) is 0 Å². The minimum atomic E-state index is -1.29. The molecular weight excluding hydrogens is 514 g/mol. The number of hydrogen-bond acceptors (Lipinski definition) is 8. The summed E-state index contributed by atoms with van der Waals surface area (Å²) in [6.45, 7) is 3.81. The van der Waals surface area contributed by atoms with Crippen molar-refractivity contribution in [2.75, 3.05) is 6.54 Å². The van der Waals surface area contributed by atoms with E-state index in [0.29, 0.717) is 5.69 Å². The highest BCUT2D eigenvalue weighted by Crippen LogP contribution is 2.09. The molecule has 4 atom stereocenters. The molecule has 0 aliphatic rings. The number of imidazole rings is 1. The zero-order valence-corrected chi connectivity index (χ0v) is 22.1. The van der Waals surface area contributed by atoms with Gasteiger partial charge < -0.3 is 48.3 Å². The zero-order chi connectivity index (χ0) is 29.5. The largest absolute Gasteiger partial charge is 0.481 e. The quantitative estimate of drug-likeness (QED) is 0.0533. The van der Waals surface area contributed by atoms with E-state index < -0.39 is 53.8 Å². The van der Waals surface area contributed by atoms with Crippen LogP contribution in [0.1, 0.15) is 51.6 Å². The number of nitrogens with one attached hydrogen (secondary N) is 4. The van der Waals surface area contributed by atoms with Crippen LogP contribution < -0.4 is 33.2 Å². The summed E-state index contributed by atoms with van der Waals surface area (Å²) < 4.78 is 0. The van der Waals surface area contributed by atoms with Gasteiger partial charge in [0, 0.05) is 31.3 Å². The van der Waals surface area contributed by atoms with E-state index >= 15 is 0 Å². The summed E-state index contributed by atoms with van der Waals surface area (Å²) >= 11 is 0. The molecule has 0 radical (unpaired) electrons. The molecule has 0 fully saturated rings. The molecule has 16 nitrogen and oxygen atoms in total. The van der Waals surface area contributed by atoms with Gasteiger partial charge in [0.05, 0.1) is 12.4 Å². The van der Waals surface area contributed by atoms with Gasteiger partial charge in [-0.05, 0) is 31.6 Å². The van der Waals surface area contributed by atoms with Crippen LogP contribution in [-0.4, -0.2) is 86.5 Å². The van der Waals surface area contributed by atoms with Crippen molar-refractivity contribution in [1.29, 1.82) is 0 Å². The zero-order valence-electron chi connectivity index (χ0n) is 22.1. The average molecular weight is 554 g/mol. The molecule has 0 aliphatic carbocycles. The van der Waals surface area contributed by atoms with Gasteiger partial charge in [0.2, 0.25) is 17.7 Å². The number of rotatable bonds is 18. The number of guanidine groups is 1. The highest BCUT2D eigenvalue weighted by molar-refractivity contribution is 5.94. The highest BCUT2D eigenvalue weighted by atomic mass is 16.4. The summed E-state index contributed by atoms with van der Waals surface area (Å²) in [7, 11) is 0. The van der Waals surface area contributed by atoms with Crippen molar-refractivity contribution in [2.24, 2.45) is 28.1 Å². The normalized spacial score (nSPS) is 13.9. The number of carboxylic acid groups (broad SMARTS) is 2. The molecule has 1 aromatic heterocycles. The number of hydrogen-bond donors (Lipinski definition) is 9. The van der Waals surface area contributed by atoms with Crippen LogP contribution >= 0.6 is 0 Å². The fourth-order valence-corrected chi connectivity index (χ4v) is 3.53. The van der Waals surface area contributed by atoms with Gasteiger partial charge >= 0.3 is 11.9 Å². The van der Waals surface area contributed by atoms with Crippen molar-refractivity contribution in [3.8, 4) is 0 Å². The molecule has 0 spiro atoms. The topological polar surface area (TPSA) is 281 Å². The van der Waals surface area contributed by atoms with E-state index in [1.807, 2.05) is 13.8 Å². The van der Waals surface area contributed by atoms with Crippen LogP contribution in [0, 0.1) is 5.92 Å². The first kappa shape index (κ1) is 32.8. The monoisotopic (exact) mass is 553 g/mol. The molecule has 12 N–H and O–H groups in total. The van der Waals surface area contributed by atoms with Gasteiger partial charge in [-0.3, -0.25) is 24.2 Å². The molecule has 0 aromatic carbocycles. The Labute approximate surface area is 225 Å². The number of aliphatic carboxylic acids is 2. The molecule has 0 bridgehead atoms. The lowest BCUT2D eigenvalue weighted by Gasteiger charge is -2.26. The van der Waals surface area contributed by atoms with Crippen LogP contribution in [-0.2, 0) is 30.4 Å². The van der Waals surface area contributed by atoms with Crippen molar-refractivity contribution < 1.29 is 34.2 Å². The maximum Gasteiger partial charge on any atom is 0.326 e. The lowest BCUT2D eigenvalue weighted by Crippen LogP contribution is -2.57. The van der Waals surface area contributed by atoms with Crippen LogP contribution in [0.2, 0.25) is 0 Å². The van der Waals surface area contributed by atoms with Gasteiger partial charge in [-0.25, -0.2) is 9.78 Å². The van der Waals surface area contributed by atoms with Crippen molar-refractivity contribution >= 4 is 35.6 Å². The fraction of sp³-hybridized carbons (Fsp3) is 0.609. The van der Waals surface area contributed by atoms with Gasteiger partial charge in [-0.2, -0.15) is 0 Å². The van der Waals surface area contributed by atoms with E-state index in [1.165, 1.54) is 12.5 Å². The Morgan fingerprint density at radius 2 is 1.59 bits per heavy atom. The second-order valence-electron chi connectivity index (χ2n) is 9.42. The van der Waals surface area contributed by atoms with E-state index in [2.05, 4.69) is 30.9 Å². The van der Waals surface area contributed by atoms with E-state index in [9.17, 15) is 29.1 Å². The van der Waals surface area contributed by atoms with Crippen molar-refractivity contribution in [2.45, 2.75) is 76.5 Å².